The molecule has 4 rings (SSSR count). The number of hydrogen-bond donors (Lipinski definition) is 0. The molecule has 0 unspecified atom stereocenters. The molecule has 0 spiro atoms. The van der Waals surface area contributed by atoms with E-state index in [9.17, 15) is 0 Å². The number of methoxy groups -OCH3 is 2. The molecule has 1 saturated heterocycles. The molecule has 2 aliphatic rings. The molecule has 1 aliphatic carbocycles. The van der Waals surface area contributed by atoms with Crippen LogP contribution in [0.25, 0.3) is 0 Å². The first-order chi connectivity index (χ1) is 12.7. The first-order valence-electron chi connectivity index (χ1n) is 9.59. The van der Waals surface area contributed by atoms with Crippen molar-refractivity contribution in [3.8, 4) is 0 Å². The standard InChI is InChI=1S/C21H29N3O2/c1-25-19-8-9-21(26-2)10-11-23(20(21)12-19)15-18-13-22-16-24(18)14-17-6-4-3-5-7-17/h3-7,13,16,19-20H,8-12,14-15H2,1-2H3/t19-,20-,21+/m1/s1. The maximum absolute atomic E-state index is 6.05. The van der Waals surface area contributed by atoms with Crippen molar-refractivity contribution >= 4 is 0 Å². The van der Waals surface area contributed by atoms with Crippen molar-refractivity contribution in [2.24, 2.45) is 0 Å². The second-order valence-corrected chi connectivity index (χ2v) is 7.64. The number of hydrogen-bond acceptors (Lipinski definition) is 4. The Balaban J connectivity index is 1.50. The van der Waals surface area contributed by atoms with Crippen molar-refractivity contribution in [2.75, 3.05) is 20.8 Å². The molecule has 1 aliphatic heterocycles. The zero-order chi connectivity index (χ0) is 18.0. The summed E-state index contributed by atoms with van der Waals surface area (Å²) in [5.74, 6) is 0. The van der Waals surface area contributed by atoms with Crippen LogP contribution in [0, 0.1) is 0 Å². The van der Waals surface area contributed by atoms with Crippen molar-refractivity contribution in [1.29, 1.82) is 0 Å². The SMILES string of the molecule is CO[C@@H]1CC[C@]2(OC)CCN(Cc3cncn3Cc3ccccc3)[C@@H]2C1. The summed E-state index contributed by atoms with van der Waals surface area (Å²) in [5.41, 5.74) is 2.57. The van der Waals surface area contributed by atoms with Crippen LogP contribution in [0.1, 0.15) is 36.9 Å². The minimum absolute atomic E-state index is 0.000683. The van der Waals surface area contributed by atoms with E-state index in [1.807, 2.05) is 26.7 Å². The summed E-state index contributed by atoms with van der Waals surface area (Å²) in [7, 11) is 3.71. The first-order valence-corrected chi connectivity index (χ1v) is 9.59. The number of ether oxygens (including phenoxy) is 2. The summed E-state index contributed by atoms with van der Waals surface area (Å²) in [5, 5.41) is 0. The van der Waals surface area contributed by atoms with E-state index in [0.717, 1.165) is 45.3 Å². The Morgan fingerprint density at radius 1 is 1.15 bits per heavy atom. The number of aromatic nitrogens is 2. The summed E-state index contributed by atoms with van der Waals surface area (Å²) < 4.78 is 14.0. The van der Waals surface area contributed by atoms with Gasteiger partial charge in [0.1, 0.15) is 0 Å². The molecule has 0 bridgehead atoms. The molecule has 140 valence electrons. The molecule has 0 radical (unpaired) electrons. The van der Waals surface area contributed by atoms with Gasteiger partial charge in [0, 0.05) is 46.1 Å². The van der Waals surface area contributed by atoms with E-state index < -0.39 is 0 Å². The average Bonchev–Trinajstić information content (AvgIpc) is 3.27. The molecule has 26 heavy (non-hydrogen) atoms. The van der Waals surface area contributed by atoms with E-state index in [1.54, 1.807) is 0 Å². The monoisotopic (exact) mass is 355 g/mol. The number of nitrogens with zero attached hydrogens (tertiary/aromatic N) is 3. The molecule has 5 heteroatoms. The highest BCUT2D eigenvalue weighted by molar-refractivity contribution is 5.16. The summed E-state index contributed by atoms with van der Waals surface area (Å²) in [6.45, 7) is 2.86. The third-order valence-corrected chi connectivity index (χ3v) is 6.35. The normalized spacial score (nSPS) is 29.0. The van der Waals surface area contributed by atoms with Crippen LogP contribution in [-0.4, -0.2) is 53.0 Å². The van der Waals surface area contributed by atoms with Gasteiger partial charge in [-0.2, -0.15) is 0 Å². The Morgan fingerprint density at radius 3 is 2.77 bits per heavy atom. The quantitative estimate of drug-likeness (QED) is 0.798. The second-order valence-electron chi connectivity index (χ2n) is 7.64. The van der Waals surface area contributed by atoms with E-state index in [1.165, 1.54) is 11.3 Å². The van der Waals surface area contributed by atoms with Gasteiger partial charge in [0.25, 0.3) is 0 Å². The van der Waals surface area contributed by atoms with Gasteiger partial charge >= 0.3 is 0 Å². The lowest BCUT2D eigenvalue weighted by Gasteiger charge is -2.43. The Morgan fingerprint density at radius 2 is 2.00 bits per heavy atom. The number of fused-ring (bicyclic) bond motifs is 1. The maximum Gasteiger partial charge on any atom is 0.0951 e. The van der Waals surface area contributed by atoms with Crippen LogP contribution in [0.15, 0.2) is 42.9 Å². The van der Waals surface area contributed by atoms with Crippen molar-refractivity contribution in [3.05, 3.63) is 54.1 Å². The minimum atomic E-state index is -0.000683. The van der Waals surface area contributed by atoms with E-state index in [4.69, 9.17) is 9.47 Å². The van der Waals surface area contributed by atoms with Gasteiger partial charge < -0.3 is 14.0 Å². The van der Waals surface area contributed by atoms with Crippen LogP contribution >= 0.6 is 0 Å². The van der Waals surface area contributed by atoms with Crippen LogP contribution in [0.2, 0.25) is 0 Å². The molecule has 1 aromatic carbocycles. The van der Waals surface area contributed by atoms with Gasteiger partial charge in [0.2, 0.25) is 0 Å². The second kappa shape index (κ2) is 7.51. The van der Waals surface area contributed by atoms with Crippen molar-refractivity contribution in [1.82, 2.24) is 14.5 Å². The lowest BCUT2D eigenvalue weighted by atomic mass is 9.79. The Bertz CT molecular complexity index is 717. The van der Waals surface area contributed by atoms with E-state index in [-0.39, 0.29) is 5.60 Å². The molecule has 2 heterocycles. The predicted molar refractivity (Wildman–Crippen MR) is 101 cm³/mol. The topological polar surface area (TPSA) is 39.5 Å². The zero-order valence-corrected chi connectivity index (χ0v) is 15.8. The van der Waals surface area contributed by atoms with Gasteiger partial charge in [-0.05, 0) is 31.2 Å². The van der Waals surface area contributed by atoms with Crippen molar-refractivity contribution < 1.29 is 9.47 Å². The largest absolute Gasteiger partial charge is 0.381 e. The molecular formula is C21H29N3O2. The third-order valence-electron chi connectivity index (χ3n) is 6.35. The Hall–Kier alpha value is -1.69. The smallest absolute Gasteiger partial charge is 0.0951 e. The fraction of sp³-hybridized carbons (Fsp3) is 0.571. The highest BCUT2D eigenvalue weighted by Gasteiger charge is 2.51. The molecule has 2 aromatic rings. The van der Waals surface area contributed by atoms with Crippen LogP contribution in [0.3, 0.4) is 0 Å². The van der Waals surface area contributed by atoms with Crippen LogP contribution in [0.4, 0.5) is 0 Å². The molecule has 0 amide bonds. The minimum Gasteiger partial charge on any atom is -0.381 e. The first kappa shape index (κ1) is 17.7. The molecule has 3 atom stereocenters. The number of rotatable bonds is 6. The van der Waals surface area contributed by atoms with E-state index in [2.05, 4.69) is 44.8 Å². The number of benzene rings is 1. The Labute approximate surface area is 155 Å². The summed E-state index contributed by atoms with van der Waals surface area (Å²) in [6, 6.07) is 11.0. The van der Waals surface area contributed by atoms with Gasteiger partial charge in [0.15, 0.2) is 0 Å². The lowest BCUT2D eigenvalue weighted by molar-refractivity contribution is -0.0949. The lowest BCUT2D eigenvalue weighted by Crippen LogP contribution is -2.51. The molecule has 1 aromatic heterocycles. The average molecular weight is 355 g/mol. The van der Waals surface area contributed by atoms with Crippen molar-refractivity contribution in [3.63, 3.8) is 0 Å². The Kier molecular flexibility index (Phi) is 5.11. The van der Waals surface area contributed by atoms with Gasteiger partial charge in [-0.3, -0.25) is 4.90 Å². The highest BCUT2D eigenvalue weighted by atomic mass is 16.5. The third kappa shape index (κ3) is 3.31. The van der Waals surface area contributed by atoms with Crippen LogP contribution in [0.5, 0.6) is 0 Å². The van der Waals surface area contributed by atoms with E-state index in [0.29, 0.717) is 12.1 Å². The fourth-order valence-electron chi connectivity index (χ4n) is 4.77. The number of imidazole rings is 1. The predicted octanol–water partition coefficient (Wildman–Crippen LogP) is 3.09. The zero-order valence-electron chi connectivity index (χ0n) is 15.8. The maximum atomic E-state index is 6.05. The fourth-order valence-corrected chi connectivity index (χ4v) is 4.77. The summed E-state index contributed by atoms with van der Waals surface area (Å²) >= 11 is 0. The van der Waals surface area contributed by atoms with E-state index >= 15 is 0 Å². The molecule has 0 N–H and O–H groups in total. The summed E-state index contributed by atoms with van der Waals surface area (Å²) in [4.78, 5) is 6.99. The molecule has 5 nitrogen and oxygen atoms in total. The number of likely N-dealkylation sites (tertiary alicyclic amines) is 1. The van der Waals surface area contributed by atoms with Crippen LogP contribution in [-0.2, 0) is 22.6 Å². The van der Waals surface area contributed by atoms with Gasteiger partial charge in [-0.1, -0.05) is 30.3 Å². The molecule has 2 fully saturated rings. The summed E-state index contributed by atoms with van der Waals surface area (Å²) in [6.07, 6.45) is 8.65. The van der Waals surface area contributed by atoms with Crippen molar-refractivity contribution in [2.45, 2.75) is 56.5 Å². The molecule has 1 saturated carbocycles. The van der Waals surface area contributed by atoms with Gasteiger partial charge in [-0.15, -0.1) is 0 Å². The van der Waals surface area contributed by atoms with Gasteiger partial charge in [0.05, 0.1) is 23.7 Å². The molecular weight excluding hydrogens is 326 g/mol. The van der Waals surface area contributed by atoms with Crippen LogP contribution < -0.4 is 0 Å². The highest BCUT2D eigenvalue weighted by Crippen LogP contribution is 2.43. The van der Waals surface area contributed by atoms with Gasteiger partial charge in [-0.25, -0.2) is 4.98 Å².